The number of hydrogen-bond acceptors (Lipinski definition) is 2. The maximum atomic E-state index is 6.14. The molecule has 0 saturated heterocycles. The highest BCUT2D eigenvalue weighted by molar-refractivity contribution is 9.10. The quantitative estimate of drug-likeness (QED) is 0.848. The van der Waals surface area contributed by atoms with E-state index < -0.39 is 0 Å². The summed E-state index contributed by atoms with van der Waals surface area (Å²) >= 11 is 9.56. The van der Waals surface area contributed by atoms with Crippen LogP contribution < -0.4 is 5.73 Å². The van der Waals surface area contributed by atoms with E-state index in [1.54, 1.807) is 0 Å². The molecule has 0 aliphatic heterocycles. The van der Waals surface area contributed by atoms with Crippen LogP contribution in [0.4, 0.5) is 0 Å². The molecule has 2 aromatic rings. The van der Waals surface area contributed by atoms with Crippen molar-refractivity contribution in [1.29, 1.82) is 0 Å². The fraction of sp³-hybridized carbons (Fsp3) is 0.250. The summed E-state index contributed by atoms with van der Waals surface area (Å²) < 4.78 is 0.927. The third-order valence-corrected chi connectivity index (χ3v) is 4.32. The largest absolute Gasteiger partial charge is 0.329 e. The molecule has 2 nitrogen and oxygen atoms in total. The van der Waals surface area contributed by atoms with E-state index in [0.29, 0.717) is 6.54 Å². The Morgan fingerprint density at radius 1 is 1.00 bits per heavy atom. The van der Waals surface area contributed by atoms with Gasteiger partial charge in [0.05, 0.1) is 5.02 Å². The van der Waals surface area contributed by atoms with Crippen LogP contribution in [0.5, 0.6) is 0 Å². The Bertz CT molecular complexity index is 545. The predicted molar refractivity (Wildman–Crippen MR) is 88.8 cm³/mol. The topological polar surface area (TPSA) is 29.3 Å². The zero-order valence-electron chi connectivity index (χ0n) is 11.2. The molecular weight excluding hydrogens is 336 g/mol. The summed E-state index contributed by atoms with van der Waals surface area (Å²) in [6, 6.07) is 16.5. The van der Waals surface area contributed by atoms with E-state index in [2.05, 4.69) is 51.2 Å². The van der Waals surface area contributed by atoms with Crippen LogP contribution in [0.1, 0.15) is 11.1 Å². The fourth-order valence-corrected chi connectivity index (χ4v) is 2.58. The highest BCUT2D eigenvalue weighted by Crippen LogP contribution is 2.24. The molecule has 0 radical (unpaired) electrons. The van der Waals surface area contributed by atoms with Crippen molar-refractivity contribution in [1.82, 2.24) is 4.90 Å². The molecule has 0 unspecified atom stereocenters. The van der Waals surface area contributed by atoms with Crippen LogP contribution in [-0.2, 0) is 13.1 Å². The summed E-state index contributed by atoms with van der Waals surface area (Å²) in [5, 5.41) is 0.745. The minimum absolute atomic E-state index is 0.650. The van der Waals surface area contributed by atoms with Crippen molar-refractivity contribution in [2.45, 2.75) is 13.1 Å². The molecule has 0 saturated carbocycles. The lowest BCUT2D eigenvalue weighted by molar-refractivity contribution is 0.264. The molecule has 2 aromatic carbocycles. The fourth-order valence-electron chi connectivity index (χ4n) is 2.13. The van der Waals surface area contributed by atoms with Crippen LogP contribution in [0, 0.1) is 0 Å². The summed E-state index contributed by atoms with van der Waals surface area (Å²) in [6.07, 6.45) is 0. The average Bonchev–Trinajstić information content (AvgIpc) is 2.44. The zero-order valence-corrected chi connectivity index (χ0v) is 13.6. The molecule has 0 aromatic heterocycles. The van der Waals surface area contributed by atoms with Gasteiger partial charge in [-0.25, -0.2) is 0 Å². The normalized spacial score (nSPS) is 11.0. The highest BCUT2D eigenvalue weighted by atomic mass is 79.9. The standard InChI is InChI=1S/C16H18BrClN2/c17-15-7-6-14(10-16(15)18)12-20(9-8-19)11-13-4-2-1-3-5-13/h1-7,10H,8-9,11-12,19H2. The summed E-state index contributed by atoms with van der Waals surface area (Å²) in [5.74, 6) is 0. The maximum absolute atomic E-state index is 6.14. The molecule has 0 bridgehead atoms. The molecule has 0 amide bonds. The van der Waals surface area contributed by atoms with Gasteiger partial charge in [-0.15, -0.1) is 0 Å². The first-order valence-corrected chi connectivity index (χ1v) is 7.76. The SMILES string of the molecule is NCCN(Cc1ccccc1)Cc1ccc(Br)c(Cl)c1. The number of hydrogen-bond donors (Lipinski definition) is 1. The number of nitrogens with two attached hydrogens (primary N) is 1. The van der Waals surface area contributed by atoms with Crippen LogP contribution in [0.3, 0.4) is 0 Å². The average molecular weight is 354 g/mol. The second-order valence-corrected chi connectivity index (χ2v) is 5.99. The van der Waals surface area contributed by atoms with Gasteiger partial charge in [0, 0.05) is 30.7 Å². The zero-order chi connectivity index (χ0) is 14.4. The Morgan fingerprint density at radius 3 is 2.35 bits per heavy atom. The van der Waals surface area contributed by atoms with Crippen LogP contribution in [0.25, 0.3) is 0 Å². The molecule has 0 heterocycles. The van der Waals surface area contributed by atoms with Crippen molar-refractivity contribution < 1.29 is 0 Å². The predicted octanol–water partition coefficient (Wildman–Crippen LogP) is 4.06. The highest BCUT2D eigenvalue weighted by Gasteiger charge is 2.07. The van der Waals surface area contributed by atoms with E-state index in [4.69, 9.17) is 17.3 Å². The molecule has 0 spiro atoms. The van der Waals surface area contributed by atoms with Crippen molar-refractivity contribution in [2.75, 3.05) is 13.1 Å². The van der Waals surface area contributed by atoms with Gasteiger partial charge < -0.3 is 5.73 Å². The first-order chi connectivity index (χ1) is 9.69. The first kappa shape index (κ1) is 15.5. The van der Waals surface area contributed by atoms with Gasteiger partial charge in [0.2, 0.25) is 0 Å². The maximum Gasteiger partial charge on any atom is 0.0551 e. The van der Waals surface area contributed by atoms with Crippen molar-refractivity contribution in [3.63, 3.8) is 0 Å². The Labute approximate surface area is 133 Å². The van der Waals surface area contributed by atoms with Gasteiger partial charge in [-0.3, -0.25) is 4.90 Å². The van der Waals surface area contributed by atoms with Gasteiger partial charge in [0.15, 0.2) is 0 Å². The Morgan fingerprint density at radius 2 is 1.70 bits per heavy atom. The summed E-state index contributed by atoms with van der Waals surface area (Å²) in [4.78, 5) is 2.33. The van der Waals surface area contributed by atoms with Crippen LogP contribution in [-0.4, -0.2) is 18.0 Å². The Hall–Kier alpha value is -0.870. The lowest BCUT2D eigenvalue weighted by Gasteiger charge is -2.22. The van der Waals surface area contributed by atoms with Crippen LogP contribution in [0.15, 0.2) is 53.0 Å². The van der Waals surface area contributed by atoms with E-state index in [-0.39, 0.29) is 0 Å². The van der Waals surface area contributed by atoms with Gasteiger partial charge in [0.25, 0.3) is 0 Å². The second-order valence-electron chi connectivity index (χ2n) is 4.73. The molecule has 20 heavy (non-hydrogen) atoms. The number of rotatable bonds is 6. The molecule has 2 N–H and O–H groups in total. The number of benzene rings is 2. The van der Waals surface area contributed by atoms with E-state index in [0.717, 1.165) is 29.1 Å². The van der Waals surface area contributed by atoms with Gasteiger partial charge >= 0.3 is 0 Å². The van der Waals surface area contributed by atoms with Crippen molar-refractivity contribution >= 4 is 27.5 Å². The molecular formula is C16H18BrClN2. The van der Waals surface area contributed by atoms with Crippen LogP contribution >= 0.6 is 27.5 Å². The van der Waals surface area contributed by atoms with Gasteiger partial charge in [-0.1, -0.05) is 48.0 Å². The van der Waals surface area contributed by atoms with Crippen LogP contribution in [0.2, 0.25) is 5.02 Å². The third-order valence-electron chi connectivity index (χ3n) is 3.08. The molecule has 0 atom stereocenters. The summed E-state index contributed by atoms with van der Waals surface area (Å²) in [6.45, 7) is 3.25. The summed E-state index contributed by atoms with van der Waals surface area (Å²) in [5.41, 5.74) is 8.21. The van der Waals surface area contributed by atoms with Gasteiger partial charge in [0.1, 0.15) is 0 Å². The smallest absolute Gasteiger partial charge is 0.0551 e. The second kappa shape index (κ2) is 7.79. The van der Waals surface area contributed by atoms with Crippen molar-refractivity contribution in [3.8, 4) is 0 Å². The molecule has 106 valence electrons. The molecule has 0 aliphatic rings. The Balaban J connectivity index is 2.06. The van der Waals surface area contributed by atoms with E-state index >= 15 is 0 Å². The molecule has 4 heteroatoms. The molecule has 2 rings (SSSR count). The minimum Gasteiger partial charge on any atom is -0.329 e. The molecule has 0 fully saturated rings. The number of nitrogens with zero attached hydrogens (tertiary/aromatic N) is 1. The lowest BCUT2D eigenvalue weighted by Crippen LogP contribution is -2.28. The Kier molecular flexibility index (Phi) is 6.05. The number of halogens is 2. The monoisotopic (exact) mass is 352 g/mol. The summed E-state index contributed by atoms with van der Waals surface area (Å²) in [7, 11) is 0. The lowest BCUT2D eigenvalue weighted by atomic mass is 10.1. The molecule has 0 aliphatic carbocycles. The van der Waals surface area contributed by atoms with Gasteiger partial charge in [-0.05, 0) is 39.2 Å². The van der Waals surface area contributed by atoms with Crippen molar-refractivity contribution in [2.24, 2.45) is 5.73 Å². The van der Waals surface area contributed by atoms with Crippen molar-refractivity contribution in [3.05, 3.63) is 69.2 Å². The first-order valence-electron chi connectivity index (χ1n) is 6.59. The van der Waals surface area contributed by atoms with E-state index in [1.165, 1.54) is 11.1 Å². The minimum atomic E-state index is 0.650. The van der Waals surface area contributed by atoms with E-state index in [1.807, 2.05) is 18.2 Å². The van der Waals surface area contributed by atoms with E-state index in [9.17, 15) is 0 Å². The third kappa shape index (κ3) is 4.60. The van der Waals surface area contributed by atoms with Gasteiger partial charge in [-0.2, -0.15) is 0 Å².